The number of allylic oxidation sites excluding steroid dienone is 4. The molecule has 2 aliphatic carbocycles. The highest BCUT2D eigenvalue weighted by molar-refractivity contribution is 5.76. The van der Waals surface area contributed by atoms with E-state index in [1.165, 1.54) is 39.8 Å². The average molecular weight is 318 g/mol. The second-order valence-electron chi connectivity index (χ2n) is 6.89. The van der Waals surface area contributed by atoms with Gasteiger partial charge >= 0.3 is 0 Å². The Morgan fingerprint density at radius 3 is 1.96 bits per heavy atom. The van der Waals surface area contributed by atoms with Gasteiger partial charge in [0.05, 0.1) is 0 Å². The normalized spacial score (nSPS) is 20.4. The largest absolute Gasteiger partial charge is 0.0808 e. The van der Waals surface area contributed by atoms with Crippen molar-refractivity contribution >= 4 is 5.57 Å². The molecule has 2 unspecified atom stereocenters. The van der Waals surface area contributed by atoms with Gasteiger partial charge in [0.25, 0.3) is 0 Å². The lowest BCUT2D eigenvalue weighted by molar-refractivity contribution is 0.999. The van der Waals surface area contributed by atoms with E-state index in [1.807, 2.05) is 12.1 Å². The molecule has 3 aromatic rings. The molecule has 25 heavy (non-hydrogen) atoms. The first-order valence-corrected chi connectivity index (χ1v) is 8.86. The van der Waals surface area contributed by atoms with Crippen molar-refractivity contribution in [1.82, 2.24) is 0 Å². The van der Waals surface area contributed by atoms with E-state index >= 15 is 0 Å². The monoisotopic (exact) mass is 318 g/mol. The van der Waals surface area contributed by atoms with Crippen molar-refractivity contribution in [2.24, 2.45) is 11.8 Å². The Kier molecular flexibility index (Phi) is 3.32. The molecule has 0 bridgehead atoms. The zero-order chi connectivity index (χ0) is 16.6. The van der Waals surface area contributed by atoms with Crippen LogP contribution in [0.25, 0.3) is 27.8 Å². The van der Waals surface area contributed by atoms with Gasteiger partial charge in [-0.05, 0) is 69.8 Å². The predicted octanol–water partition coefficient (Wildman–Crippen LogP) is 6.21. The van der Waals surface area contributed by atoms with Gasteiger partial charge in [-0.25, -0.2) is 0 Å². The molecule has 0 amide bonds. The number of benzene rings is 2. The summed E-state index contributed by atoms with van der Waals surface area (Å²) in [5.74, 6) is 1.55. The van der Waals surface area contributed by atoms with Gasteiger partial charge in [0.2, 0.25) is 0 Å². The van der Waals surface area contributed by atoms with Gasteiger partial charge in [0.1, 0.15) is 0 Å². The standard InChI is InChI=1S/C25H18/c1-2-5-18(6-3-1)19-9-11-20(12-10-19)21-13-15-22(16-14-21)24-8-4-7-23-17-25(23)24/h2,4-16,23,25H,17H2. The molecule has 0 N–H and O–H groups in total. The molecule has 3 aromatic carbocycles. The first kappa shape index (κ1) is 14.3. The predicted molar refractivity (Wildman–Crippen MR) is 104 cm³/mol. The van der Waals surface area contributed by atoms with Crippen LogP contribution in [0.1, 0.15) is 12.0 Å². The third kappa shape index (κ3) is 2.69. The minimum Gasteiger partial charge on any atom is -0.0808 e. The Labute approximate surface area is 149 Å². The van der Waals surface area contributed by atoms with E-state index in [0.29, 0.717) is 0 Å². The van der Waals surface area contributed by atoms with Crippen LogP contribution in [0.2, 0.25) is 0 Å². The lowest BCUT2D eigenvalue weighted by atomic mass is 9.94. The molecule has 0 nitrogen and oxygen atoms in total. The Morgan fingerprint density at radius 1 is 0.680 bits per heavy atom. The maximum Gasteiger partial charge on any atom is -0.00365 e. The van der Waals surface area contributed by atoms with Gasteiger partial charge in [-0.1, -0.05) is 78.9 Å². The third-order valence-electron chi connectivity index (χ3n) is 5.30. The quantitative estimate of drug-likeness (QED) is 0.538. The first-order chi connectivity index (χ1) is 12.4. The Morgan fingerprint density at radius 2 is 1.32 bits per heavy atom. The van der Waals surface area contributed by atoms with Crippen LogP contribution in [0.3, 0.4) is 0 Å². The van der Waals surface area contributed by atoms with Crippen molar-refractivity contribution in [1.29, 1.82) is 0 Å². The lowest BCUT2D eigenvalue weighted by Crippen LogP contribution is -1.92. The van der Waals surface area contributed by atoms with Gasteiger partial charge in [0, 0.05) is 0 Å². The van der Waals surface area contributed by atoms with E-state index in [2.05, 4.69) is 85.0 Å². The molecule has 0 heteroatoms. The fraction of sp³-hybridized carbons (Fsp3) is 0.120. The maximum atomic E-state index is 3.01. The fourth-order valence-corrected chi connectivity index (χ4v) is 3.76. The summed E-state index contributed by atoms with van der Waals surface area (Å²) in [5.41, 5.74) is 7.78. The van der Waals surface area contributed by atoms with Crippen LogP contribution in [0.15, 0.2) is 85.0 Å². The van der Waals surface area contributed by atoms with Crippen molar-refractivity contribution in [3.8, 4) is 22.3 Å². The van der Waals surface area contributed by atoms with Crippen LogP contribution in [0, 0.1) is 24.0 Å². The van der Waals surface area contributed by atoms with Gasteiger partial charge < -0.3 is 0 Å². The minimum absolute atomic E-state index is 0.759. The van der Waals surface area contributed by atoms with Crippen molar-refractivity contribution in [2.75, 3.05) is 0 Å². The third-order valence-corrected chi connectivity index (χ3v) is 5.30. The molecule has 0 aliphatic heterocycles. The lowest BCUT2D eigenvalue weighted by Gasteiger charge is -2.10. The van der Waals surface area contributed by atoms with E-state index in [9.17, 15) is 0 Å². The molecule has 5 rings (SSSR count). The summed E-state index contributed by atoms with van der Waals surface area (Å²) in [4.78, 5) is 0. The average Bonchev–Trinajstić information content (AvgIpc) is 3.49. The Bertz CT molecular complexity index is 941. The van der Waals surface area contributed by atoms with Gasteiger partial charge in [-0.15, -0.1) is 0 Å². The summed E-state index contributed by atoms with van der Waals surface area (Å²) in [7, 11) is 0. The zero-order valence-electron chi connectivity index (χ0n) is 13.9. The molecule has 118 valence electrons. The molecule has 1 saturated carbocycles. The van der Waals surface area contributed by atoms with Crippen molar-refractivity contribution in [3.05, 3.63) is 103 Å². The molecule has 0 saturated heterocycles. The van der Waals surface area contributed by atoms with E-state index in [4.69, 9.17) is 0 Å². The molecule has 0 aromatic heterocycles. The molecular weight excluding hydrogens is 300 g/mol. The topological polar surface area (TPSA) is 0 Å². The van der Waals surface area contributed by atoms with Crippen LogP contribution in [0.4, 0.5) is 0 Å². The van der Waals surface area contributed by atoms with E-state index < -0.39 is 0 Å². The number of fused-ring (bicyclic) bond motifs is 1. The molecule has 0 spiro atoms. The minimum atomic E-state index is 0.759. The van der Waals surface area contributed by atoms with Crippen molar-refractivity contribution < 1.29 is 0 Å². The van der Waals surface area contributed by atoms with E-state index in [1.54, 1.807) is 0 Å². The Hall–Kier alpha value is -3.04. The van der Waals surface area contributed by atoms with E-state index in [-0.39, 0.29) is 0 Å². The van der Waals surface area contributed by atoms with Crippen LogP contribution in [0.5, 0.6) is 0 Å². The summed E-state index contributed by atoms with van der Waals surface area (Å²) >= 11 is 0. The molecule has 0 heterocycles. The van der Waals surface area contributed by atoms with Crippen LogP contribution >= 0.6 is 0 Å². The molecule has 1 fully saturated rings. The molecule has 2 aliphatic rings. The zero-order valence-corrected chi connectivity index (χ0v) is 13.9. The first-order valence-electron chi connectivity index (χ1n) is 8.86. The van der Waals surface area contributed by atoms with Gasteiger partial charge in [0.15, 0.2) is 0 Å². The highest BCUT2D eigenvalue weighted by atomic mass is 14.4. The number of hydrogen-bond acceptors (Lipinski definition) is 0. The SMILES string of the molecule is c1ccc(-c2ccc(-c3ccc(C4=CC=CC5CC45)cc3)cc2)cc#1. The molecule has 2 atom stereocenters. The Balaban J connectivity index is 1.40. The van der Waals surface area contributed by atoms with Gasteiger partial charge in [-0.3, -0.25) is 0 Å². The van der Waals surface area contributed by atoms with Crippen LogP contribution in [-0.2, 0) is 0 Å². The fourth-order valence-electron chi connectivity index (χ4n) is 3.76. The highest BCUT2D eigenvalue weighted by Crippen LogP contribution is 2.51. The second kappa shape index (κ2) is 5.80. The maximum absolute atomic E-state index is 3.01. The summed E-state index contributed by atoms with van der Waals surface area (Å²) in [6.45, 7) is 0. The summed E-state index contributed by atoms with van der Waals surface area (Å²) < 4.78 is 0. The van der Waals surface area contributed by atoms with Crippen molar-refractivity contribution in [2.45, 2.75) is 6.42 Å². The molecule has 0 radical (unpaired) electrons. The van der Waals surface area contributed by atoms with Gasteiger partial charge in [-0.2, -0.15) is 0 Å². The van der Waals surface area contributed by atoms with Crippen LogP contribution in [-0.4, -0.2) is 0 Å². The van der Waals surface area contributed by atoms with E-state index in [0.717, 1.165) is 11.8 Å². The van der Waals surface area contributed by atoms with Crippen molar-refractivity contribution in [3.63, 3.8) is 0 Å². The number of hydrogen-bond donors (Lipinski definition) is 0. The molecular formula is C25H18. The summed E-state index contributed by atoms with van der Waals surface area (Å²) in [5, 5.41) is 0. The smallest absolute Gasteiger partial charge is 0.00365 e. The van der Waals surface area contributed by atoms with Crippen LogP contribution < -0.4 is 0 Å². The summed E-state index contributed by atoms with van der Waals surface area (Å²) in [6, 6.07) is 29.7. The second-order valence-corrected chi connectivity index (χ2v) is 6.89. The summed E-state index contributed by atoms with van der Waals surface area (Å²) in [6.07, 6.45) is 8.16. The highest BCUT2D eigenvalue weighted by Gasteiger charge is 2.39. The number of rotatable bonds is 3.